The van der Waals surface area contributed by atoms with Crippen LogP contribution in [-0.4, -0.2) is 12.6 Å². The molecule has 0 heterocycles. The predicted molar refractivity (Wildman–Crippen MR) is 99.5 cm³/mol. The van der Waals surface area contributed by atoms with Crippen molar-refractivity contribution < 1.29 is 19.0 Å². The maximum atomic E-state index is 11.9. The van der Waals surface area contributed by atoms with Crippen molar-refractivity contribution in [3.05, 3.63) is 90.0 Å². The molecule has 0 spiro atoms. The van der Waals surface area contributed by atoms with Gasteiger partial charge in [0, 0.05) is 0 Å². The van der Waals surface area contributed by atoms with Crippen LogP contribution in [0, 0.1) is 11.3 Å². The van der Waals surface area contributed by atoms with Crippen molar-refractivity contribution >= 4 is 5.97 Å². The summed E-state index contributed by atoms with van der Waals surface area (Å²) in [5.41, 5.74) is 1.51. The quantitative estimate of drug-likeness (QED) is 0.469. The van der Waals surface area contributed by atoms with Gasteiger partial charge < -0.3 is 14.2 Å². The van der Waals surface area contributed by atoms with E-state index in [1.54, 1.807) is 42.5 Å². The van der Waals surface area contributed by atoms with E-state index in [1.165, 1.54) is 6.07 Å². The van der Waals surface area contributed by atoms with Crippen LogP contribution in [0.1, 0.15) is 11.1 Å². The van der Waals surface area contributed by atoms with Gasteiger partial charge in [-0.2, -0.15) is 5.26 Å². The number of esters is 1. The van der Waals surface area contributed by atoms with Gasteiger partial charge in [-0.25, -0.2) is 4.79 Å². The molecule has 5 heteroatoms. The fourth-order valence-corrected chi connectivity index (χ4v) is 2.31. The molecule has 0 atom stereocenters. The third-order valence-electron chi connectivity index (χ3n) is 3.62. The van der Waals surface area contributed by atoms with E-state index in [0.717, 1.165) is 5.56 Å². The van der Waals surface area contributed by atoms with Gasteiger partial charge in [-0.3, -0.25) is 0 Å². The van der Waals surface area contributed by atoms with Crippen LogP contribution in [-0.2, 0) is 11.4 Å². The zero-order valence-electron chi connectivity index (χ0n) is 14.5. The van der Waals surface area contributed by atoms with Crippen molar-refractivity contribution in [3.8, 4) is 23.3 Å². The molecule has 0 saturated carbocycles. The SMILES string of the molecule is N#Cc1cccc(OC(=O)COc2ccc(OCc3ccccc3)cc2)c1. The number of ether oxygens (including phenoxy) is 3. The minimum absolute atomic E-state index is 0.235. The van der Waals surface area contributed by atoms with Crippen LogP contribution in [0.15, 0.2) is 78.9 Å². The first-order valence-electron chi connectivity index (χ1n) is 8.33. The molecule has 0 aromatic heterocycles. The zero-order valence-corrected chi connectivity index (χ0v) is 14.5. The van der Waals surface area contributed by atoms with Gasteiger partial charge in [0.1, 0.15) is 23.9 Å². The summed E-state index contributed by atoms with van der Waals surface area (Å²) in [5, 5.41) is 8.85. The Bertz CT molecular complexity index is 931. The second-order valence-electron chi connectivity index (χ2n) is 5.65. The van der Waals surface area contributed by atoms with Gasteiger partial charge in [-0.1, -0.05) is 36.4 Å². The molecule has 0 amide bonds. The summed E-state index contributed by atoms with van der Waals surface area (Å²) in [5.74, 6) is 1.01. The minimum atomic E-state index is -0.547. The molecule has 0 radical (unpaired) electrons. The number of nitriles is 1. The van der Waals surface area contributed by atoms with Gasteiger partial charge in [0.05, 0.1) is 11.6 Å². The highest BCUT2D eigenvalue weighted by atomic mass is 16.6. The summed E-state index contributed by atoms with van der Waals surface area (Å²) < 4.78 is 16.3. The highest BCUT2D eigenvalue weighted by molar-refractivity contribution is 5.74. The second-order valence-corrected chi connectivity index (χ2v) is 5.65. The Labute approximate surface area is 157 Å². The summed E-state index contributed by atoms with van der Waals surface area (Å²) in [6.45, 7) is 0.246. The molecule has 0 aliphatic heterocycles. The molecule has 134 valence electrons. The number of hydrogen-bond acceptors (Lipinski definition) is 5. The molecule has 3 aromatic rings. The number of nitrogens with zero attached hydrogens (tertiary/aromatic N) is 1. The minimum Gasteiger partial charge on any atom is -0.489 e. The molecule has 0 unspecified atom stereocenters. The lowest BCUT2D eigenvalue weighted by atomic mass is 10.2. The molecular formula is C22H17NO4. The summed E-state index contributed by atoms with van der Waals surface area (Å²) in [7, 11) is 0. The van der Waals surface area contributed by atoms with E-state index in [1.807, 2.05) is 36.4 Å². The topological polar surface area (TPSA) is 68.5 Å². The molecule has 0 aliphatic carbocycles. The van der Waals surface area contributed by atoms with Crippen LogP contribution >= 0.6 is 0 Å². The standard InChI is InChI=1S/C22H17NO4/c23-14-18-7-4-8-21(13-18)27-22(24)16-26-20-11-9-19(10-12-20)25-15-17-5-2-1-3-6-17/h1-13H,15-16H2. The van der Waals surface area contributed by atoms with Crippen molar-refractivity contribution in [2.75, 3.05) is 6.61 Å². The fourth-order valence-electron chi connectivity index (χ4n) is 2.31. The third-order valence-corrected chi connectivity index (χ3v) is 3.62. The van der Waals surface area contributed by atoms with Crippen LogP contribution in [0.5, 0.6) is 17.2 Å². The lowest BCUT2D eigenvalue weighted by Gasteiger charge is -2.09. The van der Waals surface area contributed by atoms with Crippen molar-refractivity contribution in [1.29, 1.82) is 5.26 Å². The summed E-state index contributed by atoms with van der Waals surface area (Å²) in [6.07, 6.45) is 0. The van der Waals surface area contributed by atoms with Crippen LogP contribution in [0.3, 0.4) is 0 Å². The number of carbonyl (C=O) groups is 1. The monoisotopic (exact) mass is 359 g/mol. The molecular weight excluding hydrogens is 342 g/mol. The van der Waals surface area contributed by atoms with E-state index in [2.05, 4.69) is 0 Å². The average molecular weight is 359 g/mol. The van der Waals surface area contributed by atoms with Crippen molar-refractivity contribution in [2.45, 2.75) is 6.61 Å². The Kier molecular flexibility index (Phi) is 6.05. The second kappa shape index (κ2) is 9.07. The van der Waals surface area contributed by atoms with Gasteiger partial charge in [-0.05, 0) is 48.0 Å². The van der Waals surface area contributed by atoms with E-state index in [9.17, 15) is 4.79 Å². The number of hydrogen-bond donors (Lipinski definition) is 0. The van der Waals surface area contributed by atoms with Crippen molar-refractivity contribution in [2.24, 2.45) is 0 Å². The molecule has 0 saturated heterocycles. The maximum Gasteiger partial charge on any atom is 0.349 e. The Morgan fingerprint density at radius 2 is 1.52 bits per heavy atom. The van der Waals surface area contributed by atoms with Crippen LogP contribution < -0.4 is 14.2 Å². The van der Waals surface area contributed by atoms with Gasteiger partial charge in [-0.15, -0.1) is 0 Å². The first-order chi connectivity index (χ1) is 13.2. The van der Waals surface area contributed by atoms with E-state index in [4.69, 9.17) is 19.5 Å². The number of benzene rings is 3. The fraction of sp³-hybridized carbons (Fsp3) is 0.0909. The molecule has 27 heavy (non-hydrogen) atoms. The molecule has 5 nitrogen and oxygen atoms in total. The third kappa shape index (κ3) is 5.62. The smallest absolute Gasteiger partial charge is 0.349 e. The molecule has 0 N–H and O–H groups in total. The van der Waals surface area contributed by atoms with E-state index in [-0.39, 0.29) is 6.61 Å². The van der Waals surface area contributed by atoms with Crippen LogP contribution in [0.4, 0.5) is 0 Å². The highest BCUT2D eigenvalue weighted by Crippen LogP contribution is 2.19. The predicted octanol–water partition coefficient (Wildman–Crippen LogP) is 4.12. The van der Waals surface area contributed by atoms with Gasteiger partial charge in [0.2, 0.25) is 0 Å². The lowest BCUT2D eigenvalue weighted by Crippen LogP contribution is -2.17. The summed E-state index contributed by atoms with van der Waals surface area (Å²) in [4.78, 5) is 11.9. The Morgan fingerprint density at radius 3 is 2.22 bits per heavy atom. The maximum absolute atomic E-state index is 11.9. The van der Waals surface area contributed by atoms with Gasteiger partial charge >= 0.3 is 5.97 Å². The molecule has 0 bridgehead atoms. The van der Waals surface area contributed by atoms with Crippen LogP contribution in [0.25, 0.3) is 0 Å². The first kappa shape index (κ1) is 18.0. The lowest BCUT2D eigenvalue weighted by molar-refractivity contribution is -0.136. The van der Waals surface area contributed by atoms with E-state index < -0.39 is 5.97 Å². The van der Waals surface area contributed by atoms with Crippen LogP contribution in [0.2, 0.25) is 0 Å². The molecule has 0 fully saturated rings. The molecule has 3 rings (SSSR count). The normalized spacial score (nSPS) is 9.89. The van der Waals surface area contributed by atoms with Gasteiger partial charge in [0.15, 0.2) is 6.61 Å². The largest absolute Gasteiger partial charge is 0.489 e. The summed E-state index contributed by atoms with van der Waals surface area (Å²) in [6, 6.07) is 25.3. The average Bonchev–Trinajstić information content (AvgIpc) is 2.72. The Hall–Kier alpha value is -3.78. The molecule has 0 aliphatic rings. The van der Waals surface area contributed by atoms with E-state index in [0.29, 0.717) is 29.4 Å². The number of carbonyl (C=O) groups excluding carboxylic acids is 1. The first-order valence-corrected chi connectivity index (χ1v) is 8.33. The highest BCUT2D eigenvalue weighted by Gasteiger charge is 2.07. The Balaban J connectivity index is 1.46. The molecule has 3 aromatic carbocycles. The van der Waals surface area contributed by atoms with Gasteiger partial charge in [0.25, 0.3) is 0 Å². The van der Waals surface area contributed by atoms with E-state index >= 15 is 0 Å². The Morgan fingerprint density at radius 1 is 0.815 bits per heavy atom. The zero-order chi connectivity index (χ0) is 18.9. The van der Waals surface area contributed by atoms with Crippen molar-refractivity contribution in [3.63, 3.8) is 0 Å². The summed E-state index contributed by atoms with van der Waals surface area (Å²) >= 11 is 0. The van der Waals surface area contributed by atoms with Crippen molar-refractivity contribution in [1.82, 2.24) is 0 Å². The number of rotatable bonds is 7.